The molecule has 8 rings (SSSR count). The molecule has 4 aliphatic rings. The molecule has 0 amide bonds. The highest BCUT2D eigenvalue weighted by molar-refractivity contribution is 5.82. The smallest absolute Gasteiger partial charge is 0.217 e. The number of aromatic nitrogens is 2. The lowest BCUT2D eigenvalue weighted by atomic mass is 10.1. The summed E-state index contributed by atoms with van der Waals surface area (Å²) in [6, 6.07) is 22.6. The minimum absolute atomic E-state index is 0.588. The van der Waals surface area contributed by atoms with E-state index < -0.39 is 0 Å². The third-order valence-corrected chi connectivity index (χ3v) is 11.1. The molecule has 4 saturated heterocycles. The Morgan fingerprint density at radius 3 is 1.54 bits per heavy atom. The lowest BCUT2D eigenvalue weighted by Crippen LogP contribution is -2.38. The summed E-state index contributed by atoms with van der Waals surface area (Å²) in [6.07, 6.45) is 3.64. The van der Waals surface area contributed by atoms with Gasteiger partial charge in [0.05, 0.1) is 65.3 Å². The van der Waals surface area contributed by atoms with Crippen LogP contribution in [0.5, 0.6) is 11.8 Å². The topological polar surface area (TPSA) is 143 Å². The van der Waals surface area contributed by atoms with E-state index in [1.165, 1.54) is 16.7 Å². The number of ether oxygens (including phenoxy) is 6. The fraction of sp³-hybridized carbons (Fsp3) is 0.489. The summed E-state index contributed by atoms with van der Waals surface area (Å²) in [5.74, 6) is 2.53. The summed E-state index contributed by atoms with van der Waals surface area (Å²) in [5, 5.41) is 8.81. The minimum Gasteiger partial charge on any atom is -0.476 e. The molecule has 2 aromatic heterocycles. The van der Waals surface area contributed by atoms with E-state index in [-0.39, 0.29) is 0 Å². The van der Waals surface area contributed by atoms with E-state index in [2.05, 4.69) is 102 Å². The van der Waals surface area contributed by atoms with Crippen molar-refractivity contribution in [3.8, 4) is 11.8 Å². The molecule has 0 radical (unpaired) electrons. The van der Waals surface area contributed by atoms with E-state index in [1.807, 2.05) is 42.6 Å². The van der Waals surface area contributed by atoms with Crippen molar-refractivity contribution in [1.29, 1.82) is 0 Å². The molecular formula is C47H64N10O6. The van der Waals surface area contributed by atoms with Crippen molar-refractivity contribution < 1.29 is 28.4 Å². The fourth-order valence-corrected chi connectivity index (χ4v) is 7.45. The highest BCUT2D eigenvalue weighted by Crippen LogP contribution is 2.26. The predicted octanol–water partition coefficient (Wildman–Crippen LogP) is 5.08. The van der Waals surface area contributed by atoms with Crippen molar-refractivity contribution in [3.05, 3.63) is 94.5 Å². The highest BCUT2D eigenvalue weighted by Gasteiger charge is 2.17. The van der Waals surface area contributed by atoms with Gasteiger partial charge in [-0.25, -0.2) is 0 Å². The number of aryl methyl sites for hydroxylation is 3. The average Bonchev–Trinajstić information content (AvgIpc) is 3.32. The summed E-state index contributed by atoms with van der Waals surface area (Å²) in [7, 11) is 0. The molecule has 338 valence electrons. The SMILES string of the molecule is Cc1ccc(C)c(/C=N/Nc2cc(N3CCOCC3)cc(OCCN3CCOCC3)n2)c1.Cc1cccc(/C=N/Nc2cc(N3CCOCC3)cc(OCCN3CCOCC3)n2)c1. The zero-order chi connectivity index (χ0) is 43.5. The number of hydrogen-bond acceptors (Lipinski definition) is 16. The van der Waals surface area contributed by atoms with Gasteiger partial charge in [-0.15, -0.1) is 0 Å². The molecule has 2 aromatic carbocycles. The van der Waals surface area contributed by atoms with Gasteiger partial charge in [0.15, 0.2) is 11.6 Å². The molecule has 0 aliphatic carbocycles. The van der Waals surface area contributed by atoms with Gasteiger partial charge in [-0.3, -0.25) is 20.7 Å². The number of pyridine rings is 2. The maximum Gasteiger partial charge on any atom is 0.217 e. The lowest BCUT2D eigenvalue weighted by molar-refractivity contribution is 0.0319. The van der Waals surface area contributed by atoms with Gasteiger partial charge < -0.3 is 38.2 Å². The second-order valence-corrected chi connectivity index (χ2v) is 15.9. The van der Waals surface area contributed by atoms with Crippen LogP contribution in [0.15, 0.2) is 76.9 Å². The largest absolute Gasteiger partial charge is 0.476 e. The Balaban J connectivity index is 0.000000189. The first kappa shape index (κ1) is 45.7. The highest BCUT2D eigenvalue weighted by atomic mass is 16.5. The normalized spacial score (nSPS) is 17.7. The maximum absolute atomic E-state index is 6.04. The van der Waals surface area contributed by atoms with Gasteiger partial charge >= 0.3 is 0 Å². The van der Waals surface area contributed by atoms with E-state index in [9.17, 15) is 0 Å². The number of nitrogens with zero attached hydrogens (tertiary/aromatic N) is 8. The number of morpholine rings is 4. The number of benzene rings is 2. The standard InChI is InChI=1S/C24H33N5O3.C23H31N5O3/c1-19-3-4-20(2)21(15-19)18-25-27-23-16-22(29-8-12-31-13-9-29)17-24(26-23)32-14-7-28-5-10-30-11-6-28;1-19-3-2-4-20(15-19)18-24-26-22-16-21(28-8-12-30-13-9-28)17-23(25-22)31-14-7-27-5-10-29-11-6-27/h3-4,15-18H,5-14H2,1-2H3,(H,26,27);2-4,15-18H,5-14H2,1H3,(H,25,26)/b25-18+;24-18+. The van der Waals surface area contributed by atoms with E-state index in [0.29, 0.717) is 36.6 Å². The van der Waals surface area contributed by atoms with Crippen LogP contribution >= 0.6 is 0 Å². The summed E-state index contributed by atoms with van der Waals surface area (Å²) < 4.78 is 33.9. The summed E-state index contributed by atoms with van der Waals surface area (Å²) in [6.45, 7) is 22.4. The molecule has 16 heteroatoms. The molecule has 6 heterocycles. The van der Waals surface area contributed by atoms with Gasteiger partial charge in [0.2, 0.25) is 11.8 Å². The van der Waals surface area contributed by atoms with Crippen LogP contribution in [0.25, 0.3) is 0 Å². The van der Waals surface area contributed by atoms with Crippen molar-refractivity contribution in [1.82, 2.24) is 19.8 Å². The Kier molecular flexibility index (Phi) is 17.7. The van der Waals surface area contributed by atoms with Crippen LogP contribution in [-0.2, 0) is 18.9 Å². The molecular weight excluding hydrogens is 801 g/mol. The van der Waals surface area contributed by atoms with Crippen molar-refractivity contribution in [2.45, 2.75) is 20.8 Å². The van der Waals surface area contributed by atoms with Crippen LogP contribution in [0, 0.1) is 20.8 Å². The molecule has 0 spiro atoms. The Labute approximate surface area is 372 Å². The van der Waals surface area contributed by atoms with Gasteiger partial charge in [0.25, 0.3) is 0 Å². The second-order valence-electron chi connectivity index (χ2n) is 15.9. The zero-order valence-electron chi connectivity index (χ0n) is 37.2. The van der Waals surface area contributed by atoms with Crippen LogP contribution < -0.4 is 30.1 Å². The van der Waals surface area contributed by atoms with Crippen LogP contribution in [-0.4, -0.2) is 164 Å². The monoisotopic (exact) mass is 865 g/mol. The lowest BCUT2D eigenvalue weighted by Gasteiger charge is -2.29. The van der Waals surface area contributed by atoms with Crippen LogP contribution in [0.2, 0.25) is 0 Å². The van der Waals surface area contributed by atoms with E-state index >= 15 is 0 Å². The first-order valence-corrected chi connectivity index (χ1v) is 22.2. The maximum atomic E-state index is 6.04. The van der Waals surface area contributed by atoms with Crippen LogP contribution in [0.4, 0.5) is 23.0 Å². The number of hydrogen-bond donors (Lipinski definition) is 2. The molecule has 0 saturated carbocycles. The molecule has 63 heavy (non-hydrogen) atoms. The minimum atomic E-state index is 0.588. The summed E-state index contributed by atoms with van der Waals surface area (Å²) >= 11 is 0. The van der Waals surface area contributed by atoms with Crippen molar-refractivity contribution >= 4 is 35.4 Å². The van der Waals surface area contributed by atoms with Crippen LogP contribution in [0.3, 0.4) is 0 Å². The molecule has 4 aliphatic heterocycles. The van der Waals surface area contributed by atoms with Crippen molar-refractivity contribution in [2.75, 3.05) is 152 Å². The van der Waals surface area contributed by atoms with Crippen molar-refractivity contribution in [2.24, 2.45) is 10.2 Å². The summed E-state index contributed by atoms with van der Waals surface area (Å²) in [4.78, 5) is 18.5. The predicted molar refractivity (Wildman–Crippen MR) is 250 cm³/mol. The molecule has 16 nitrogen and oxygen atoms in total. The molecule has 0 bridgehead atoms. The molecule has 4 aromatic rings. The summed E-state index contributed by atoms with van der Waals surface area (Å²) in [5.41, 5.74) is 14.0. The number of rotatable bonds is 16. The van der Waals surface area contributed by atoms with Crippen LogP contribution in [0.1, 0.15) is 27.8 Å². The van der Waals surface area contributed by atoms with Crippen molar-refractivity contribution in [3.63, 3.8) is 0 Å². The zero-order valence-corrected chi connectivity index (χ0v) is 37.2. The Hall–Kier alpha value is -5.36. The first-order chi connectivity index (χ1) is 30.9. The van der Waals surface area contributed by atoms with Gasteiger partial charge in [0.1, 0.15) is 13.2 Å². The van der Waals surface area contributed by atoms with Gasteiger partial charge in [-0.2, -0.15) is 20.2 Å². The fourth-order valence-electron chi connectivity index (χ4n) is 7.45. The van der Waals surface area contributed by atoms with E-state index in [0.717, 1.165) is 141 Å². The second kappa shape index (κ2) is 24.5. The van der Waals surface area contributed by atoms with Gasteiger partial charge in [-0.05, 0) is 37.5 Å². The third-order valence-electron chi connectivity index (χ3n) is 11.1. The molecule has 4 fully saturated rings. The number of hydrazone groups is 2. The molecule has 2 N–H and O–H groups in total. The number of nitrogens with one attached hydrogen (secondary N) is 2. The Morgan fingerprint density at radius 1 is 0.556 bits per heavy atom. The molecule has 0 atom stereocenters. The Bertz CT molecular complexity index is 2060. The molecule has 0 unspecified atom stereocenters. The van der Waals surface area contributed by atoms with Gasteiger partial charge in [-0.1, -0.05) is 53.6 Å². The number of anilines is 4. The van der Waals surface area contributed by atoms with E-state index in [1.54, 1.807) is 6.21 Å². The Morgan fingerprint density at radius 2 is 1.03 bits per heavy atom. The third kappa shape index (κ3) is 15.2. The van der Waals surface area contributed by atoms with E-state index in [4.69, 9.17) is 28.4 Å². The average molecular weight is 865 g/mol. The van der Waals surface area contributed by atoms with Gasteiger partial charge in [0, 0.05) is 101 Å². The quantitative estimate of drug-likeness (QED) is 0.114. The first-order valence-electron chi connectivity index (χ1n) is 22.2.